The van der Waals surface area contributed by atoms with Gasteiger partial charge in [-0.1, -0.05) is 146 Å². The van der Waals surface area contributed by atoms with Crippen LogP contribution in [0.2, 0.25) is 0 Å². The van der Waals surface area contributed by atoms with Gasteiger partial charge >= 0.3 is 0 Å². The van der Waals surface area contributed by atoms with Crippen molar-refractivity contribution in [1.82, 2.24) is 14.1 Å². The molecule has 0 aliphatic carbocycles. The molecule has 4 aromatic heterocycles. The number of fused-ring (bicyclic) bond motifs is 12. The van der Waals surface area contributed by atoms with E-state index in [-0.39, 0.29) is 0 Å². The van der Waals surface area contributed by atoms with Gasteiger partial charge in [-0.05, 0) is 65.7 Å². The highest BCUT2D eigenvalue weighted by molar-refractivity contribution is 7.27. The quantitative estimate of drug-likeness (QED) is 0.172. The zero-order chi connectivity index (χ0) is 37.5. The first-order chi connectivity index (χ1) is 28.3. The topological polar surface area (TPSA) is 22.8 Å². The lowest BCUT2D eigenvalue weighted by Crippen LogP contribution is -1.96. The lowest BCUT2D eigenvalue weighted by molar-refractivity contribution is 1.18. The molecule has 3 nitrogen and oxygen atoms in total. The molecule has 0 aliphatic rings. The summed E-state index contributed by atoms with van der Waals surface area (Å²) in [7, 11) is 0. The van der Waals surface area contributed by atoms with Crippen molar-refractivity contribution >= 4 is 75.1 Å². The van der Waals surface area contributed by atoms with E-state index in [4.69, 9.17) is 4.98 Å². The van der Waals surface area contributed by atoms with Crippen molar-refractivity contribution in [1.29, 1.82) is 0 Å². The van der Waals surface area contributed by atoms with Gasteiger partial charge in [0.05, 0.1) is 33.5 Å². The van der Waals surface area contributed by atoms with E-state index in [1.807, 2.05) is 11.3 Å². The van der Waals surface area contributed by atoms with Gasteiger partial charge in [-0.15, -0.1) is 11.3 Å². The van der Waals surface area contributed by atoms with Crippen molar-refractivity contribution in [2.45, 2.75) is 0 Å². The SMILES string of the molecule is c1ccc(-c2cc(-c3ccccc3)nc(-c3ccc(-n4c5ccccc5c5c6sc7ccccc7c6c6c(c7ccccc7n6-c6ccccc6)c54)cc3)c2)cc1. The Hall–Kier alpha value is -7.27. The van der Waals surface area contributed by atoms with Crippen LogP contribution in [0.15, 0.2) is 200 Å². The number of nitrogens with zero attached hydrogens (tertiary/aromatic N) is 3. The molecule has 0 aliphatic heterocycles. The van der Waals surface area contributed by atoms with Crippen LogP contribution >= 0.6 is 11.3 Å². The van der Waals surface area contributed by atoms with Crippen molar-refractivity contribution in [2.75, 3.05) is 0 Å². The maximum absolute atomic E-state index is 5.25. The maximum atomic E-state index is 5.25. The Morgan fingerprint density at radius 1 is 0.351 bits per heavy atom. The fraction of sp³-hybridized carbons (Fsp3) is 0. The average Bonchev–Trinajstić information content (AvgIpc) is 3.95. The summed E-state index contributed by atoms with van der Waals surface area (Å²) in [5.74, 6) is 0. The minimum absolute atomic E-state index is 0.948. The summed E-state index contributed by atoms with van der Waals surface area (Å²) < 4.78 is 7.62. The van der Waals surface area contributed by atoms with Gasteiger partial charge in [0.2, 0.25) is 0 Å². The molecular formula is C53H33N3S. The molecule has 12 rings (SSSR count). The second-order valence-corrected chi connectivity index (χ2v) is 15.7. The molecular weight excluding hydrogens is 711 g/mol. The predicted octanol–water partition coefficient (Wildman–Crippen LogP) is 14.6. The highest BCUT2D eigenvalue weighted by Gasteiger charge is 2.26. The number of aromatic nitrogens is 3. The van der Waals surface area contributed by atoms with E-state index in [1.54, 1.807) is 0 Å². The molecule has 0 unspecified atom stereocenters. The van der Waals surface area contributed by atoms with Gasteiger partial charge in [0, 0.05) is 64.2 Å². The number of hydrogen-bond acceptors (Lipinski definition) is 2. The summed E-state index contributed by atoms with van der Waals surface area (Å²) >= 11 is 1.91. The third-order valence-electron chi connectivity index (χ3n) is 11.5. The molecule has 0 atom stereocenters. The monoisotopic (exact) mass is 743 g/mol. The van der Waals surface area contributed by atoms with Crippen LogP contribution in [0.5, 0.6) is 0 Å². The largest absolute Gasteiger partial charge is 0.308 e. The van der Waals surface area contributed by atoms with Gasteiger partial charge in [0.1, 0.15) is 0 Å². The normalized spacial score (nSPS) is 11.9. The fourth-order valence-electron chi connectivity index (χ4n) is 9.01. The summed E-state index contributed by atoms with van der Waals surface area (Å²) in [6.45, 7) is 0. The summed E-state index contributed by atoms with van der Waals surface area (Å²) in [5, 5.41) is 7.69. The van der Waals surface area contributed by atoms with Crippen molar-refractivity contribution in [2.24, 2.45) is 0 Å². The molecule has 0 saturated carbocycles. The standard InChI is InChI=1S/C53H33N3S/c1-4-16-34(17-5-1)37-32-43(35-18-6-2-7-19-35)54-44(33-37)36-28-30-39(31-29-36)56-46-26-14-11-23-41(46)49-51(56)48-40-22-10-13-25-45(40)55(38-20-8-3-9-21-38)52(48)50-42-24-12-15-27-47(42)57-53(49)50/h1-33H. The summed E-state index contributed by atoms with van der Waals surface area (Å²) in [5.41, 5.74) is 13.6. The van der Waals surface area contributed by atoms with Crippen LogP contribution in [-0.2, 0) is 0 Å². The van der Waals surface area contributed by atoms with E-state index in [0.29, 0.717) is 0 Å². The Balaban J connectivity index is 1.16. The van der Waals surface area contributed by atoms with Crippen molar-refractivity contribution in [3.63, 3.8) is 0 Å². The van der Waals surface area contributed by atoms with Crippen LogP contribution in [0.25, 0.3) is 109 Å². The van der Waals surface area contributed by atoms with Crippen molar-refractivity contribution in [3.05, 3.63) is 200 Å². The number of thiophene rings is 1. The highest BCUT2D eigenvalue weighted by atomic mass is 32.1. The Bertz CT molecular complexity index is 3430. The first-order valence-electron chi connectivity index (χ1n) is 19.4. The number of hydrogen-bond donors (Lipinski definition) is 0. The number of para-hydroxylation sites is 3. The summed E-state index contributed by atoms with van der Waals surface area (Å²) in [6.07, 6.45) is 0. The second kappa shape index (κ2) is 12.6. The lowest BCUT2D eigenvalue weighted by Gasteiger charge is -2.13. The Labute approximate surface area is 333 Å². The van der Waals surface area contributed by atoms with E-state index in [0.717, 1.165) is 39.5 Å². The molecule has 12 aromatic rings. The van der Waals surface area contributed by atoms with E-state index in [9.17, 15) is 0 Å². The van der Waals surface area contributed by atoms with E-state index >= 15 is 0 Å². The van der Waals surface area contributed by atoms with Crippen LogP contribution < -0.4 is 0 Å². The van der Waals surface area contributed by atoms with Crippen LogP contribution in [0.3, 0.4) is 0 Å². The molecule has 266 valence electrons. The minimum Gasteiger partial charge on any atom is -0.308 e. The molecule has 4 heterocycles. The van der Waals surface area contributed by atoms with Gasteiger partial charge in [0.15, 0.2) is 0 Å². The van der Waals surface area contributed by atoms with Crippen LogP contribution in [0, 0.1) is 0 Å². The van der Waals surface area contributed by atoms with Gasteiger partial charge in [-0.2, -0.15) is 0 Å². The van der Waals surface area contributed by atoms with E-state index < -0.39 is 0 Å². The Kier molecular flexibility index (Phi) is 7.10. The fourth-order valence-corrected chi connectivity index (χ4v) is 10.3. The average molecular weight is 744 g/mol. The van der Waals surface area contributed by atoms with Crippen LogP contribution in [0.4, 0.5) is 0 Å². The minimum atomic E-state index is 0.948. The van der Waals surface area contributed by atoms with Gasteiger partial charge in [-0.25, -0.2) is 4.98 Å². The van der Waals surface area contributed by atoms with E-state index in [2.05, 4.69) is 209 Å². The highest BCUT2D eigenvalue weighted by Crippen LogP contribution is 2.51. The summed E-state index contributed by atoms with van der Waals surface area (Å²) in [6, 6.07) is 72.1. The molecule has 0 fully saturated rings. The first kappa shape index (κ1) is 32.0. The Morgan fingerprint density at radius 2 is 0.807 bits per heavy atom. The smallest absolute Gasteiger partial charge is 0.0715 e. The van der Waals surface area contributed by atoms with Crippen molar-refractivity contribution < 1.29 is 0 Å². The second-order valence-electron chi connectivity index (χ2n) is 14.7. The van der Waals surface area contributed by atoms with Gasteiger partial charge in [0.25, 0.3) is 0 Å². The van der Waals surface area contributed by atoms with Gasteiger partial charge in [-0.3, -0.25) is 0 Å². The number of benzene rings is 8. The van der Waals surface area contributed by atoms with Crippen LogP contribution in [-0.4, -0.2) is 14.1 Å². The number of pyridine rings is 1. The molecule has 0 amide bonds. The molecule has 57 heavy (non-hydrogen) atoms. The molecule has 0 N–H and O–H groups in total. The molecule has 0 saturated heterocycles. The molecule has 8 aromatic carbocycles. The van der Waals surface area contributed by atoms with E-state index in [1.165, 1.54) is 69.3 Å². The third kappa shape index (κ3) is 4.88. The zero-order valence-corrected chi connectivity index (χ0v) is 31.6. The van der Waals surface area contributed by atoms with Crippen molar-refractivity contribution in [3.8, 4) is 45.0 Å². The molecule has 0 spiro atoms. The molecule has 0 radical (unpaired) electrons. The number of rotatable bonds is 5. The lowest BCUT2D eigenvalue weighted by atomic mass is 10.00. The third-order valence-corrected chi connectivity index (χ3v) is 12.7. The maximum Gasteiger partial charge on any atom is 0.0715 e. The first-order valence-corrected chi connectivity index (χ1v) is 20.2. The Morgan fingerprint density at radius 3 is 1.44 bits per heavy atom. The zero-order valence-electron chi connectivity index (χ0n) is 30.8. The van der Waals surface area contributed by atoms with Crippen LogP contribution in [0.1, 0.15) is 0 Å². The summed E-state index contributed by atoms with van der Waals surface area (Å²) in [4.78, 5) is 5.25. The predicted molar refractivity (Wildman–Crippen MR) is 242 cm³/mol. The van der Waals surface area contributed by atoms with Gasteiger partial charge < -0.3 is 9.13 Å². The molecule has 0 bridgehead atoms. The molecule has 4 heteroatoms.